The molecule has 0 atom stereocenters. The Kier molecular flexibility index (Phi) is 8.40. The van der Waals surface area contributed by atoms with Gasteiger partial charge in [-0.2, -0.15) is 16.8 Å². The fraction of sp³-hybridized carbons (Fsp3) is 0.217. The lowest BCUT2D eigenvalue weighted by Crippen LogP contribution is -2.18. The minimum Gasteiger partial charge on any atom is -0.505 e. The predicted molar refractivity (Wildman–Crippen MR) is 144 cm³/mol. The molecule has 14 nitrogen and oxygen atoms in total. The number of aromatic nitrogens is 1. The maximum absolute atomic E-state index is 12.8. The van der Waals surface area contributed by atoms with Crippen molar-refractivity contribution in [1.29, 1.82) is 0 Å². The van der Waals surface area contributed by atoms with Crippen molar-refractivity contribution in [1.82, 2.24) is 4.73 Å². The maximum atomic E-state index is 12.8. The monoisotopic (exact) mass is 649 g/mol. The number of rotatable bonds is 10. The number of benzene rings is 1. The number of phenols is 1. The van der Waals surface area contributed by atoms with Crippen molar-refractivity contribution in [3.63, 3.8) is 0 Å². The molecule has 0 aliphatic rings. The Hall–Kier alpha value is -3.61. The van der Waals surface area contributed by atoms with Crippen LogP contribution in [0.15, 0.2) is 49.3 Å². The van der Waals surface area contributed by atoms with Crippen molar-refractivity contribution in [2.24, 2.45) is 0 Å². The van der Waals surface area contributed by atoms with Gasteiger partial charge in [-0.15, -0.1) is 16.1 Å². The van der Waals surface area contributed by atoms with Gasteiger partial charge >= 0.3 is 21.7 Å². The molecule has 1 aromatic carbocycles. The number of aryl methyl sites for hydroxylation is 1. The Balaban J connectivity index is 1.55. The molecule has 0 aliphatic carbocycles. The fourth-order valence-corrected chi connectivity index (χ4v) is 7.20. The first-order valence-corrected chi connectivity index (χ1v) is 15.5. The zero-order chi connectivity index (χ0) is 30.3. The standard InChI is InChI=1S/C23H20ClNO13S3/c24-13-9-11-8-12(23(30)37-21(11)22(20(13)29)41(34,35)36)15-10-16(40(31,32)33)14(39-15)4-2-1-3-5-19(28)38-25-17(26)6-7-18(25)27/h6-10,26-27,29H,1-5H2,(H,31,32,33)(H,34,35,36). The van der Waals surface area contributed by atoms with Gasteiger partial charge in [-0.1, -0.05) is 18.0 Å². The molecular formula is C23H20ClNO13S3. The number of thiophene rings is 1. The second-order valence-electron chi connectivity index (χ2n) is 8.62. The summed E-state index contributed by atoms with van der Waals surface area (Å²) >= 11 is 6.72. The maximum Gasteiger partial charge on any atom is 0.345 e. The minimum atomic E-state index is -5.07. The third-order valence-corrected chi connectivity index (χ3v) is 9.21. The Labute approximate surface area is 240 Å². The van der Waals surface area contributed by atoms with Crippen molar-refractivity contribution in [2.45, 2.75) is 41.9 Å². The zero-order valence-electron chi connectivity index (χ0n) is 20.5. The van der Waals surface area contributed by atoms with Gasteiger partial charge in [0.25, 0.3) is 10.1 Å². The highest BCUT2D eigenvalue weighted by atomic mass is 35.5. The number of unbranched alkanes of at least 4 members (excludes halogenated alkanes) is 2. The molecule has 5 N–H and O–H groups in total. The summed E-state index contributed by atoms with van der Waals surface area (Å²) in [7, 11) is -9.79. The molecule has 0 amide bonds. The van der Waals surface area contributed by atoms with Crippen LogP contribution in [0.5, 0.6) is 17.5 Å². The van der Waals surface area contributed by atoms with Gasteiger partial charge in [0, 0.05) is 33.7 Å². The molecule has 3 heterocycles. The number of carbonyl (C=O) groups is 1. The van der Waals surface area contributed by atoms with Gasteiger partial charge in [0.05, 0.1) is 10.6 Å². The molecule has 4 aromatic rings. The quantitative estimate of drug-likeness (QED) is 0.0943. The van der Waals surface area contributed by atoms with E-state index < -0.39 is 69.7 Å². The summed E-state index contributed by atoms with van der Waals surface area (Å²) in [6, 6.07) is 5.52. The molecule has 0 radical (unpaired) electrons. The van der Waals surface area contributed by atoms with E-state index >= 15 is 0 Å². The number of fused-ring (bicyclic) bond motifs is 1. The summed E-state index contributed by atoms with van der Waals surface area (Å²) in [6.45, 7) is 0. The smallest absolute Gasteiger partial charge is 0.345 e. The number of phenolic OH excluding ortho intramolecular Hbond substituents is 1. The highest BCUT2D eigenvalue weighted by molar-refractivity contribution is 7.86. The van der Waals surface area contributed by atoms with Gasteiger partial charge in [0.15, 0.2) is 16.2 Å². The Morgan fingerprint density at radius 3 is 2.24 bits per heavy atom. The molecule has 0 bridgehead atoms. The van der Waals surface area contributed by atoms with Crippen molar-refractivity contribution in [3.8, 4) is 28.0 Å². The van der Waals surface area contributed by atoms with Crippen molar-refractivity contribution >= 4 is 60.1 Å². The van der Waals surface area contributed by atoms with E-state index in [1.807, 2.05) is 0 Å². The summed E-state index contributed by atoms with van der Waals surface area (Å²) < 4.78 is 72.4. The normalized spacial score (nSPS) is 12.2. The zero-order valence-corrected chi connectivity index (χ0v) is 23.7. The predicted octanol–water partition coefficient (Wildman–Crippen LogP) is 3.34. The molecular weight excluding hydrogens is 630 g/mol. The average Bonchev–Trinajstić information content (AvgIpc) is 3.42. The number of hydrogen-bond acceptors (Lipinski definition) is 12. The highest BCUT2D eigenvalue weighted by Crippen LogP contribution is 2.40. The van der Waals surface area contributed by atoms with Crippen LogP contribution >= 0.6 is 22.9 Å². The topological polar surface area (TPSA) is 231 Å². The molecule has 0 spiro atoms. The van der Waals surface area contributed by atoms with Crippen molar-refractivity contribution in [2.75, 3.05) is 0 Å². The number of hydrogen-bond donors (Lipinski definition) is 5. The van der Waals surface area contributed by atoms with Crippen LogP contribution in [-0.4, -0.2) is 52.0 Å². The highest BCUT2D eigenvalue weighted by Gasteiger charge is 2.27. The van der Waals surface area contributed by atoms with E-state index in [4.69, 9.17) is 20.9 Å². The Bertz CT molecular complexity index is 1920. The molecule has 220 valence electrons. The fourth-order valence-electron chi connectivity index (χ4n) is 3.91. The van der Waals surface area contributed by atoms with Gasteiger partial charge in [-0.3, -0.25) is 9.11 Å². The van der Waals surface area contributed by atoms with Gasteiger partial charge < -0.3 is 24.6 Å². The van der Waals surface area contributed by atoms with E-state index in [0.717, 1.165) is 41.7 Å². The molecule has 0 saturated carbocycles. The number of aromatic hydroxyl groups is 3. The van der Waals surface area contributed by atoms with Crippen molar-refractivity contribution in [3.05, 3.63) is 50.7 Å². The molecule has 0 fully saturated rings. The summed E-state index contributed by atoms with van der Waals surface area (Å²) in [5.41, 5.74) is -2.01. The number of nitrogens with zero attached hydrogens (tertiary/aromatic N) is 1. The lowest BCUT2D eigenvalue weighted by molar-refractivity contribution is -0.145. The van der Waals surface area contributed by atoms with Crippen LogP contribution in [0.3, 0.4) is 0 Å². The van der Waals surface area contributed by atoms with Gasteiger partial charge in [-0.05, 0) is 37.5 Å². The summed E-state index contributed by atoms with van der Waals surface area (Å²) in [5.74, 6) is -2.71. The molecule has 0 aliphatic heterocycles. The number of carbonyl (C=O) groups excluding carboxylic acids is 1. The van der Waals surface area contributed by atoms with E-state index in [1.54, 1.807) is 0 Å². The third-order valence-electron chi connectivity index (χ3n) is 5.75. The van der Waals surface area contributed by atoms with Crippen LogP contribution in [0.25, 0.3) is 21.4 Å². The van der Waals surface area contributed by atoms with E-state index in [1.165, 1.54) is 0 Å². The van der Waals surface area contributed by atoms with Gasteiger partial charge in [0.2, 0.25) is 11.8 Å². The van der Waals surface area contributed by atoms with E-state index in [0.29, 0.717) is 24.0 Å². The van der Waals surface area contributed by atoms with Crippen LogP contribution < -0.4 is 10.5 Å². The van der Waals surface area contributed by atoms with Crippen LogP contribution in [0.2, 0.25) is 5.02 Å². The van der Waals surface area contributed by atoms with Crippen LogP contribution in [0.1, 0.15) is 30.6 Å². The van der Waals surface area contributed by atoms with Crippen LogP contribution in [-0.2, 0) is 31.5 Å². The second-order valence-corrected chi connectivity index (χ2v) is 12.9. The SMILES string of the molecule is O=C(CCCCCc1sc(-c2cc3cc(Cl)c(O)c(S(=O)(=O)O)c3oc2=O)cc1S(=O)(=O)O)On1c(O)ccc1O. The van der Waals surface area contributed by atoms with Gasteiger partial charge in [-0.25, -0.2) is 9.59 Å². The largest absolute Gasteiger partial charge is 0.505 e. The molecule has 18 heteroatoms. The lowest BCUT2D eigenvalue weighted by Gasteiger charge is -2.08. The van der Waals surface area contributed by atoms with E-state index in [-0.39, 0.29) is 33.5 Å². The summed E-state index contributed by atoms with van der Waals surface area (Å²) in [5, 5.41) is 28.4. The first kappa shape index (κ1) is 30.4. The van der Waals surface area contributed by atoms with E-state index in [2.05, 4.69) is 0 Å². The average molecular weight is 650 g/mol. The Morgan fingerprint density at radius 1 is 0.976 bits per heavy atom. The molecule has 41 heavy (non-hydrogen) atoms. The Morgan fingerprint density at radius 2 is 1.63 bits per heavy atom. The number of halogens is 1. The molecule has 0 saturated heterocycles. The van der Waals surface area contributed by atoms with Crippen LogP contribution in [0.4, 0.5) is 0 Å². The first-order valence-electron chi connectivity index (χ1n) is 11.5. The van der Waals surface area contributed by atoms with Crippen LogP contribution in [0, 0.1) is 0 Å². The van der Waals surface area contributed by atoms with Gasteiger partial charge in [0.1, 0.15) is 4.90 Å². The first-order chi connectivity index (χ1) is 19.1. The van der Waals surface area contributed by atoms with Crippen molar-refractivity contribution < 1.29 is 55.3 Å². The van der Waals surface area contributed by atoms with E-state index in [9.17, 15) is 50.8 Å². The minimum absolute atomic E-state index is 0.0517. The second kappa shape index (κ2) is 11.3. The summed E-state index contributed by atoms with van der Waals surface area (Å²) in [4.78, 5) is 28.2. The molecule has 4 rings (SSSR count). The summed E-state index contributed by atoms with van der Waals surface area (Å²) in [6.07, 6.45) is 1.11. The molecule has 3 aromatic heterocycles. The lowest BCUT2D eigenvalue weighted by atomic mass is 10.1. The third kappa shape index (κ3) is 6.50. The molecule has 0 unspecified atom stereocenters.